The van der Waals surface area contributed by atoms with Gasteiger partial charge in [-0.05, 0) is 49.6 Å². The number of piperidine rings is 1. The third-order valence-corrected chi connectivity index (χ3v) is 8.49. The van der Waals surface area contributed by atoms with Gasteiger partial charge in [-0.25, -0.2) is 4.98 Å². The molecule has 2 saturated heterocycles. The second kappa shape index (κ2) is 11.7. The molecule has 39 heavy (non-hydrogen) atoms. The summed E-state index contributed by atoms with van der Waals surface area (Å²) in [6.07, 6.45) is 2.04. The molecule has 0 saturated carbocycles. The number of hydrogen-bond donors (Lipinski definition) is 0. The molecule has 0 aliphatic carbocycles. The molecule has 4 aromatic rings. The molecule has 0 unspecified atom stereocenters. The van der Waals surface area contributed by atoms with Crippen LogP contribution in [0.15, 0.2) is 84.9 Å². The molecule has 2 aliphatic heterocycles. The fraction of sp³-hybridized carbons (Fsp3) is 0.394. The lowest BCUT2D eigenvalue weighted by molar-refractivity contribution is -0.139. The summed E-state index contributed by atoms with van der Waals surface area (Å²) in [5, 5.41) is 0. The van der Waals surface area contributed by atoms with Crippen LogP contribution in [0.1, 0.15) is 42.8 Å². The van der Waals surface area contributed by atoms with Crippen molar-refractivity contribution in [1.82, 2.24) is 24.3 Å². The van der Waals surface area contributed by atoms with Gasteiger partial charge in [0, 0.05) is 39.3 Å². The molecule has 2 aliphatic rings. The average Bonchev–Trinajstić information content (AvgIpc) is 3.35. The molecule has 0 N–H and O–H groups in total. The van der Waals surface area contributed by atoms with Crippen LogP contribution in [0.2, 0.25) is 0 Å². The van der Waals surface area contributed by atoms with Crippen molar-refractivity contribution in [2.45, 2.75) is 38.9 Å². The number of aryl methyl sites for hydroxylation is 1. The number of rotatable bonds is 7. The van der Waals surface area contributed by atoms with E-state index >= 15 is 0 Å². The summed E-state index contributed by atoms with van der Waals surface area (Å²) < 4.78 is 2.32. The SMILES string of the molecule is CCn1c(CN2CCC[C@@H](C(=O)N3CCN(C(c4ccccc4)c4ccccc4)CC3)C2)nc2ccccc21. The van der Waals surface area contributed by atoms with Crippen LogP contribution in [0.25, 0.3) is 11.0 Å². The van der Waals surface area contributed by atoms with Crippen molar-refractivity contribution in [3.05, 3.63) is 102 Å². The Balaban J connectivity index is 1.10. The van der Waals surface area contributed by atoms with Crippen LogP contribution in [0.4, 0.5) is 0 Å². The first-order valence-electron chi connectivity index (χ1n) is 14.5. The molecule has 6 rings (SSSR count). The molecule has 1 aromatic heterocycles. The van der Waals surface area contributed by atoms with Crippen molar-refractivity contribution < 1.29 is 4.79 Å². The number of hydrogen-bond acceptors (Lipinski definition) is 4. The second-order valence-corrected chi connectivity index (χ2v) is 10.9. The lowest BCUT2D eigenvalue weighted by atomic mass is 9.95. The predicted octanol–water partition coefficient (Wildman–Crippen LogP) is 5.20. The van der Waals surface area contributed by atoms with E-state index in [4.69, 9.17) is 4.98 Å². The number of piperazine rings is 1. The minimum Gasteiger partial charge on any atom is -0.340 e. The third-order valence-electron chi connectivity index (χ3n) is 8.49. The molecule has 6 nitrogen and oxygen atoms in total. The Morgan fingerprint density at radius 3 is 2.15 bits per heavy atom. The van der Waals surface area contributed by atoms with Crippen LogP contribution in [0, 0.1) is 5.92 Å². The van der Waals surface area contributed by atoms with Crippen LogP contribution < -0.4 is 0 Å². The predicted molar refractivity (Wildman–Crippen MR) is 156 cm³/mol. The minimum atomic E-state index is 0.0730. The molecular formula is C33H39N5O. The van der Waals surface area contributed by atoms with Gasteiger partial charge in [-0.15, -0.1) is 0 Å². The number of imidazole rings is 1. The molecule has 0 bridgehead atoms. The summed E-state index contributed by atoms with van der Waals surface area (Å²) in [5.74, 6) is 1.51. The number of benzene rings is 3. The van der Waals surface area contributed by atoms with E-state index in [2.05, 4.69) is 111 Å². The summed E-state index contributed by atoms with van der Waals surface area (Å²) in [6.45, 7) is 9.09. The molecule has 2 fully saturated rings. The zero-order valence-corrected chi connectivity index (χ0v) is 23.0. The summed E-state index contributed by atoms with van der Waals surface area (Å²) in [5.41, 5.74) is 4.87. The van der Waals surface area contributed by atoms with Gasteiger partial charge < -0.3 is 9.47 Å². The highest BCUT2D eigenvalue weighted by molar-refractivity contribution is 5.79. The maximum absolute atomic E-state index is 13.7. The quantitative estimate of drug-likeness (QED) is 0.335. The zero-order valence-electron chi connectivity index (χ0n) is 23.0. The highest BCUT2D eigenvalue weighted by Crippen LogP contribution is 2.30. The number of fused-ring (bicyclic) bond motifs is 1. The smallest absolute Gasteiger partial charge is 0.227 e. The van der Waals surface area contributed by atoms with Gasteiger partial charge in [0.25, 0.3) is 0 Å². The van der Waals surface area contributed by atoms with Crippen molar-refractivity contribution in [2.24, 2.45) is 5.92 Å². The number of likely N-dealkylation sites (tertiary alicyclic amines) is 1. The number of carbonyl (C=O) groups excluding carboxylic acids is 1. The van der Waals surface area contributed by atoms with Crippen molar-refractivity contribution >= 4 is 16.9 Å². The van der Waals surface area contributed by atoms with Gasteiger partial charge in [-0.1, -0.05) is 72.8 Å². The maximum Gasteiger partial charge on any atom is 0.227 e. The molecule has 6 heteroatoms. The second-order valence-electron chi connectivity index (χ2n) is 10.9. The van der Waals surface area contributed by atoms with Gasteiger partial charge in [0.15, 0.2) is 0 Å². The first-order chi connectivity index (χ1) is 19.2. The minimum absolute atomic E-state index is 0.0730. The average molecular weight is 522 g/mol. The van der Waals surface area contributed by atoms with Gasteiger partial charge in [0.1, 0.15) is 5.82 Å². The topological polar surface area (TPSA) is 44.6 Å². The summed E-state index contributed by atoms with van der Waals surface area (Å²) in [6, 6.07) is 30.1. The van der Waals surface area contributed by atoms with Crippen LogP contribution in [-0.4, -0.2) is 69.4 Å². The fourth-order valence-electron chi connectivity index (χ4n) is 6.54. The lowest BCUT2D eigenvalue weighted by Crippen LogP contribution is -2.53. The molecule has 1 atom stereocenters. The molecule has 0 spiro atoms. The van der Waals surface area contributed by atoms with Gasteiger partial charge in [0.05, 0.1) is 29.5 Å². The molecule has 202 valence electrons. The summed E-state index contributed by atoms with van der Waals surface area (Å²) >= 11 is 0. The van der Waals surface area contributed by atoms with E-state index in [-0.39, 0.29) is 12.0 Å². The van der Waals surface area contributed by atoms with E-state index in [9.17, 15) is 4.79 Å². The Bertz CT molecular complexity index is 1340. The van der Waals surface area contributed by atoms with Crippen molar-refractivity contribution in [3.63, 3.8) is 0 Å². The van der Waals surface area contributed by atoms with E-state index in [1.165, 1.54) is 16.6 Å². The van der Waals surface area contributed by atoms with Gasteiger partial charge >= 0.3 is 0 Å². The van der Waals surface area contributed by atoms with E-state index in [1.54, 1.807) is 0 Å². The standard InChI is InChI=1S/C33H39N5O/c1-2-38-30-18-10-9-17-29(30)34-31(38)25-35-19-11-16-28(24-35)33(39)37-22-20-36(21-23-37)32(26-12-5-3-6-13-26)27-14-7-4-8-15-27/h3-10,12-15,17-18,28,32H,2,11,16,19-25H2,1H3/t28-/m1/s1. The number of para-hydroxylation sites is 2. The Hall–Kier alpha value is -3.48. The third kappa shape index (κ3) is 5.49. The Morgan fingerprint density at radius 2 is 1.49 bits per heavy atom. The largest absolute Gasteiger partial charge is 0.340 e. The summed E-state index contributed by atoms with van der Waals surface area (Å²) in [7, 11) is 0. The highest BCUT2D eigenvalue weighted by atomic mass is 16.2. The van der Waals surface area contributed by atoms with Crippen LogP contribution in [-0.2, 0) is 17.9 Å². The van der Waals surface area contributed by atoms with E-state index in [0.717, 1.165) is 76.5 Å². The molecule has 3 heterocycles. The van der Waals surface area contributed by atoms with Crippen LogP contribution >= 0.6 is 0 Å². The van der Waals surface area contributed by atoms with E-state index in [1.807, 2.05) is 0 Å². The number of carbonyl (C=O) groups is 1. The van der Waals surface area contributed by atoms with Gasteiger partial charge in [-0.2, -0.15) is 0 Å². The first kappa shape index (κ1) is 25.8. The Morgan fingerprint density at radius 1 is 0.846 bits per heavy atom. The maximum atomic E-state index is 13.7. The van der Waals surface area contributed by atoms with Crippen molar-refractivity contribution in [1.29, 1.82) is 0 Å². The van der Waals surface area contributed by atoms with Crippen LogP contribution in [0.3, 0.4) is 0 Å². The number of nitrogens with zero attached hydrogens (tertiary/aromatic N) is 5. The summed E-state index contributed by atoms with van der Waals surface area (Å²) in [4.78, 5) is 25.7. The monoisotopic (exact) mass is 521 g/mol. The van der Waals surface area contributed by atoms with Gasteiger partial charge in [-0.3, -0.25) is 14.6 Å². The fourth-order valence-corrected chi connectivity index (χ4v) is 6.54. The Labute approximate surface area is 231 Å². The molecule has 0 radical (unpaired) electrons. The van der Waals surface area contributed by atoms with Crippen LogP contribution in [0.5, 0.6) is 0 Å². The van der Waals surface area contributed by atoms with E-state index < -0.39 is 0 Å². The molecule has 1 amide bonds. The van der Waals surface area contributed by atoms with Gasteiger partial charge in [0.2, 0.25) is 5.91 Å². The van der Waals surface area contributed by atoms with Crippen molar-refractivity contribution in [2.75, 3.05) is 39.3 Å². The van der Waals surface area contributed by atoms with E-state index in [0.29, 0.717) is 5.91 Å². The highest BCUT2D eigenvalue weighted by Gasteiger charge is 2.33. The zero-order chi connectivity index (χ0) is 26.6. The van der Waals surface area contributed by atoms with Crippen molar-refractivity contribution in [3.8, 4) is 0 Å². The lowest BCUT2D eigenvalue weighted by Gasteiger charge is -2.42. The number of aromatic nitrogens is 2. The normalized spacial score (nSPS) is 19.1. The number of amides is 1. The first-order valence-corrected chi connectivity index (χ1v) is 14.5. The molecule has 3 aromatic carbocycles. The Kier molecular flexibility index (Phi) is 7.75. The molecular weight excluding hydrogens is 482 g/mol.